The molecule has 2 rings (SSSR count). The van der Waals surface area contributed by atoms with Crippen LogP contribution in [-0.2, 0) is 4.79 Å². The van der Waals surface area contributed by atoms with Crippen molar-refractivity contribution in [3.8, 4) is 0 Å². The van der Waals surface area contributed by atoms with Gasteiger partial charge in [0.1, 0.15) is 6.04 Å². The van der Waals surface area contributed by atoms with E-state index in [4.69, 9.17) is 0 Å². The highest BCUT2D eigenvalue weighted by Crippen LogP contribution is 2.11. The third kappa shape index (κ3) is 2.30. The largest absolute Gasteiger partial charge is 0.354 e. The summed E-state index contributed by atoms with van der Waals surface area (Å²) in [7, 11) is 0. The molecular weight excluding hydrogens is 220 g/mol. The summed E-state index contributed by atoms with van der Waals surface area (Å²) in [4.78, 5) is 23.5. The van der Waals surface area contributed by atoms with E-state index in [0.717, 1.165) is 12.1 Å². The van der Waals surface area contributed by atoms with Crippen LogP contribution in [-0.4, -0.2) is 34.6 Å². The van der Waals surface area contributed by atoms with Crippen molar-refractivity contribution in [1.82, 2.24) is 20.8 Å². The zero-order valence-corrected chi connectivity index (χ0v) is 9.96. The number of hydrogen-bond acceptors (Lipinski definition) is 3. The molecule has 0 aromatic carbocycles. The monoisotopic (exact) mass is 236 g/mol. The van der Waals surface area contributed by atoms with E-state index in [0.29, 0.717) is 24.2 Å². The Balaban J connectivity index is 2.09. The Morgan fingerprint density at radius 2 is 2.24 bits per heavy atom. The van der Waals surface area contributed by atoms with Crippen molar-refractivity contribution < 1.29 is 9.59 Å². The van der Waals surface area contributed by atoms with Crippen LogP contribution >= 0.6 is 0 Å². The highest BCUT2D eigenvalue weighted by Gasteiger charge is 2.25. The number of hydrogen-bond donors (Lipinski definition) is 3. The molecule has 0 saturated carbocycles. The molecular formula is C11H16N4O2. The van der Waals surface area contributed by atoms with Crippen LogP contribution < -0.4 is 10.6 Å². The summed E-state index contributed by atoms with van der Waals surface area (Å²) in [5.74, 6) is -0.348. The van der Waals surface area contributed by atoms with Crippen LogP contribution in [0.4, 0.5) is 0 Å². The molecule has 17 heavy (non-hydrogen) atoms. The number of rotatable bonds is 2. The highest BCUT2D eigenvalue weighted by molar-refractivity contribution is 5.99. The molecule has 0 bridgehead atoms. The minimum atomic E-state index is -0.426. The van der Waals surface area contributed by atoms with Gasteiger partial charge >= 0.3 is 0 Å². The maximum Gasteiger partial charge on any atom is 0.255 e. The normalized spacial score (nSPS) is 19.9. The first kappa shape index (κ1) is 11.6. The molecule has 1 atom stereocenters. The lowest BCUT2D eigenvalue weighted by molar-refractivity contribution is -0.124. The van der Waals surface area contributed by atoms with Crippen molar-refractivity contribution in [3.63, 3.8) is 0 Å². The highest BCUT2D eigenvalue weighted by atomic mass is 16.2. The smallest absolute Gasteiger partial charge is 0.255 e. The molecule has 3 N–H and O–H groups in total. The van der Waals surface area contributed by atoms with Gasteiger partial charge in [-0.05, 0) is 26.7 Å². The molecule has 92 valence electrons. The molecule has 1 aliphatic rings. The van der Waals surface area contributed by atoms with E-state index in [1.165, 1.54) is 0 Å². The van der Waals surface area contributed by atoms with Crippen molar-refractivity contribution in [3.05, 3.63) is 17.0 Å². The molecule has 1 unspecified atom stereocenters. The Morgan fingerprint density at radius 3 is 2.82 bits per heavy atom. The van der Waals surface area contributed by atoms with Crippen LogP contribution in [0.1, 0.15) is 34.6 Å². The minimum Gasteiger partial charge on any atom is -0.354 e. The molecule has 6 heteroatoms. The Labute approximate surface area is 99.2 Å². The molecule has 1 saturated heterocycles. The number of nitrogens with one attached hydrogen (secondary N) is 3. The zero-order valence-electron chi connectivity index (χ0n) is 9.96. The third-order valence-electron chi connectivity index (χ3n) is 2.95. The van der Waals surface area contributed by atoms with Crippen LogP contribution in [0.5, 0.6) is 0 Å². The SMILES string of the molecule is Cc1n[nH]c(C)c1C(=O)NC1CCCNC1=O. The van der Waals surface area contributed by atoms with E-state index >= 15 is 0 Å². The Kier molecular flexibility index (Phi) is 3.12. The molecule has 2 heterocycles. The first-order valence-corrected chi connectivity index (χ1v) is 5.69. The average Bonchev–Trinajstić information content (AvgIpc) is 2.62. The number of aromatic amines is 1. The van der Waals surface area contributed by atoms with Gasteiger partial charge in [0.2, 0.25) is 5.91 Å². The fourth-order valence-electron chi connectivity index (χ4n) is 2.03. The van der Waals surface area contributed by atoms with Gasteiger partial charge in [0.05, 0.1) is 11.3 Å². The van der Waals surface area contributed by atoms with Crippen LogP contribution in [0.2, 0.25) is 0 Å². The first-order valence-electron chi connectivity index (χ1n) is 5.69. The first-order chi connectivity index (χ1) is 8.09. The molecule has 1 aliphatic heterocycles. The number of H-pyrrole nitrogens is 1. The maximum absolute atomic E-state index is 12.0. The van der Waals surface area contributed by atoms with Gasteiger partial charge in [-0.3, -0.25) is 14.7 Å². The van der Waals surface area contributed by atoms with Crippen molar-refractivity contribution >= 4 is 11.8 Å². The van der Waals surface area contributed by atoms with Gasteiger partial charge in [-0.2, -0.15) is 5.10 Å². The second-order valence-corrected chi connectivity index (χ2v) is 4.27. The van der Waals surface area contributed by atoms with Crippen molar-refractivity contribution in [2.75, 3.05) is 6.54 Å². The maximum atomic E-state index is 12.0. The summed E-state index contributed by atoms with van der Waals surface area (Å²) in [5, 5.41) is 12.2. The van der Waals surface area contributed by atoms with Crippen molar-refractivity contribution in [2.24, 2.45) is 0 Å². The van der Waals surface area contributed by atoms with Gasteiger partial charge in [0.15, 0.2) is 0 Å². The number of aryl methyl sites for hydroxylation is 2. The fraction of sp³-hybridized carbons (Fsp3) is 0.545. The van der Waals surface area contributed by atoms with Crippen LogP contribution in [0, 0.1) is 13.8 Å². The molecule has 1 aromatic rings. The number of amides is 2. The lowest BCUT2D eigenvalue weighted by Gasteiger charge is -2.22. The number of nitrogens with zero attached hydrogens (tertiary/aromatic N) is 1. The number of piperidine rings is 1. The van der Waals surface area contributed by atoms with Crippen LogP contribution in [0.15, 0.2) is 0 Å². The standard InChI is InChI=1S/C11H16N4O2/c1-6-9(7(2)15-14-6)11(17)13-8-4-3-5-12-10(8)16/h8H,3-5H2,1-2H3,(H,12,16)(H,13,17)(H,14,15). The molecule has 0 spiro atoms. The second kappa shape index (κ2) is 4.57. The van der Waals surface area contributed by atoms with Gasteiger partial charge in [0.25, 0.3) is 5.91 Å². The van der Waals surface area contributed by atoms with Gasteiger partial charge in [-0.1, -0.05) is 0 Å². The lowest BCUT2D eigenvalue weighted by Crippen LogP contribution is -2.50. The predicted octanol–water partition coefficient (Wildman–Crippen LogP) is 0.0349. The molecule has 0 radical (unpaired) electrons. The lowest BCUT2D eigenvalue weighted by atomic mass is 10.1. The Morgan fingerprint density at radius 1 is 1.47 bits per heavy atom. The van der Waals surface area contributed by atoms with Crippen molar-refractivity contribution in [1.29, 1.82) is 0 Å². The van der Waals surface area contributed by atoms with Gasteiger partial charge in [0, 0.05) is 12.2 Å². The van der Waals surface area contributed by atoms with E-state index in [1.807, 2.05) is 0 Å². The summed E-state index contributed by atoms with van der Waals surface area (Å²) in [6.45, 7) is 4.24. The predicted molar refractivity (Wildman–Crippen MR) is 61.6 cm³/mol. The average molecular weight is 236 g/mol. The number of carbonyl (C=O) groups is 2. The van der Waals surface area contributed by atoms with Gasteiger partial charge in [-0.25, -0.2) is 0 Å². The molecule has 2 amide bonds. The third-order valence-corrected chi connectivity index (χ3v) is 2.95. The number of aromatic nitrogens is 2. The van der Waals surface area contributed by atoms with E-state index in [9.17, 15) is 9.59 Å². The molecule has 0 aliphatic carbocycles. The summed E-state index contributed by atoms with van der Waals surface area (Å²) in [5.41, 5.74) is 1.90. The van der Waals surface area contributed by atoms with Gasteiger partial charge in [-0.15, -0.1) is 0 Å². The van der Waals surface area contributed by atoms with E-state index < -0.39 is 6.04 Å². The van der Waals surface area contributed by atoms with Crippen LogP contribution in [0.25, 0.3) is 0 Å². The number of carbonyl (C=O) groups excluding carboxylic acids is 2. The topological polar surface area (TPSA) is 86.9 Å². The second-order valence-electron chi connectivity index (χ2n) is 4.27. The summed E-state index contributed by atoms with van der Waals surface area (Å²) >= 11 is 0. The van der Waals surface area contributed by atoms with E-state index in [-0.39, 0.29) is 11.8 Å². The van der Waals surface area contributed by atoms with Gasteiger partial charge < -0.3 is 10.6 Å². The molecule has 6 nitrogen and oxygen atoms in total. The summed E-state index contributed by atoms with van der Waals surface area (Å²) < 4.78 is 0. The van der Waals surface area contributed by atoms with E-state index in [1.54, 1.807) is 13.8 Å². The Bertz CT molecular complexity index is 433. The quantitative estimate of drug-likeness (QED) is 0.677. The minimum absolute atomic E-state index is 0.108. The Hall–Kier alpha value is -1.85. The van der Waals surface area contributed by atoms with E-state index in [2.05, 4.69) is 20.8 Å². The fourth-order valence-corrected chi connectivity index (χ4v) is 2.03. The zero-order chi connectivity index (χ0) is 12.4. The van der Waals surface area contributed by atoms with Crippen molar-refractivity contribution in [2.45, 2.75) is 32.7 Å². The summed E-state index contributed by atoms with van der Waals surface area (Å²) in [6.07, 6.45) is 1.58. The molecule has 1 fully saturated rings. The van der Waals surface area contributed by atoms with Crippen LogP contribution in [0.3, 0.4) is 0 Å². The molecule has 1 aromatic heterocycles. The summed E-state index contributed by atoms with van der Waals surface area (Å²) in [6, 6.07) is -0.426.